The Kier molecular flexibility index (Phi) is 5.70. The monoisotopic (exact) mass is 392 g/mol. The molecule has 2 N–H and O–H groups in total. The van der Waals surface area contributed by atoms with Gasteiger partial charge in [0.15, 0.2) is 0 Å². The molecule has 6 atom stereocenters. The highest BCUT2D eigenvalue weighted by atomic mass is 19.4. The third-order valence-electron chi connectivity index (χ3n) is 6.79. The standard InChI is InChI=1S/C17H26F6O3/c1-4-9(2)13(26-25)14(3)7-10-5-11(12(14)6-10)8-15(24,16(18,19)20)17(21,22)23/h9-13,24-25H,4-8H2,1-3H3. The van der Waals surface area contributed by atoms with Crippen LogP contribution in [0.4, 0.5) is 26.3 Å². The van der Waals surface area contributed by atoms with Crippen LogP contribution < -0.4 is 0 Å². The zero-order valence-electron chi connectivity index (χ0n) is 15.0. The highest BCUT2D eigenvalue weighted by molar-refractivity contribution is 5.08. The van der Waals surface area contributed by atoms with Crippen molar-refractivity contribution in [1.82, 2.24) is 0 Å². The van der Waals surface area contributed by atoms with E-state index in [1.807, 2.05) is 13.8 Å². The lowest BCUT2D eigenvalue weighted by atomic mass is 9.62. The van der Waals surface area contributed by atoms with Crippen LogP contribution in [0.15, 0.2) is 0 Å². The Morgan fingerprint density at radius 2 is 1.65 bits per heavy atom. The number of hydrogen-bond donors (Lipinski definition) is 2. The van der Waals surface area contributed by atoms with Crippen molar-refractivity contribution in [1.29, 1.82) is 0 Å². The first-order valence-corrected chi connectivity index (χ1v) is 8.87. The van der Waals surface area contributed by atoms with Crippen LogP contribution in [-0.4, -0.2) is 34.4 Å². The van der Waals surface area contributed by atoms with Gasteiger partial charge in [-0.2, -0.15) is 26.3 Å². The molecule has 2 fully saturated rings. The molecule has 2 bridgehead atoms. The summed E-state index contributed by atoms with van der Waals surface area (Å²) in [6, 6.07) is 0. The number of alkyl halides is 6. The van der Waals surface area contributed by atoms with Crippen molar-refractivity contribution in [2.75, 3.05) is 0 Å². The van der Waals surface area contributed by atoms with E-state index in [0.29, 0.717) is 19.3 Å². The second-order valence-electron chi connectivity index (χ2n) is 8.39. The number of aliphatic hydroxyl groups is 1. The topological polar surface area (TPSA) is 49.7 Å². The molecule has 9 heteroatoms. The summed E-state index contributed by atoms with van der Waals surface area (Å²) < 4.78 is 78.4. The van der Waals surface area contributed by atoms with E-state index in [9.17, 15) is 36.7 Å². The molecule has 0 heterocycles. The lowest BCUT2D eigenvalue weighted by Gasteiger charge is -2.46. The highest BCUT2D eigenvalue weighted by Gasteiger charge is 2.72. The first-order valence-electron chi connectivity index (χ1n) is 8.87. The smallest absolute Gasteiger partial charge is 0.374 e. The average Bonchev–Trinajstić information content (AvgIpc) is 3.02. The summed E-state index contributed by atoms with van der Waals surface area (Å²) in [5, 5.41) is 18.9. The predicted molar refractivity (Wildman–Crippen MR) is 81.1 cm³/mol. The van der Waals surface area contributed by atoms with Gasteiger partial charge in [0.1, 0.15) is 6.10 Å². The summed E-state index contributed by atoms with van der Waals surface area (Å²) in [5.74, 6) is -1.54. The predicted octanol–water partition coefficient (Wildman–Crippen LogP) is 5.19. The number of rotatable bonds is 6. The molecule has 0 aliphatic heterocycles. The van der Waals surface area contributed by atoms with Crippen molar-refractivity contribution in [3.05, 3.63) is 0 Å². The lowest BCUT2D eigenvalue weighted by molar-refractivity contribution is -0.375. The largest absolute Gasteiger partial charge is 0.426 e. The molecule has 154 valence electrons. The van der Waals surface area contributed by atoms with Gasteiger partial charge in [-0.1, -0.05) is 27.2 Å². The Bertz CT molecular complexity index is 492. The second kappa shape index (κ2) is 6.81. The van der Waals surface area contributed by atoms with Gasteiger partial charge in [0.05, 0.1) is 0 Å². The number of fused-ring (bicyclic) bond motifs is 2. The molecule has 6 unspecified atom stereocenters. The van der Waals surface area contributed by atoms with E-state index >= 15 is 0 Å². The van der Waals surface area contributed by atoms with Gasteiger partial charge in [0.25, 0.3) is 5.60 Å². The van der Waals surface area contributed by atoms with Gasteiger partial charge >= 0.3 is 12.4 Å². The van der Waals surface area contributed by atoms with Crippen LogP contribution in [0.3, 0.4) is 0 Å². The fourth-order valence-corrected chi connectivity index (χ4v) is 5.40. The molecular weight excluding hydrogens is 366 g/mol. The number of hydrogen-bond acceptors (Lipinski definition) is 3. The fourth-order valence-electron chi connectivity index (χ4n) is 5.40. The molecule has 0 aromatic rings. The van der Waals surface area contributed by atoms with E-state index in [2.05, 4.69) is 4.89 Å². The van der Waals surface area contributed by atoms with Crippen molar-refractivity contribution >= 4 is 0 Å². The molecule has 0 amide bonds. The Morgan fingerprint density at radius 3 is 2.04 bits per heavy atom. The molecule has 2 saturated carbocycles. The minimum atomic E-state index is -5.80. The first-order chi connectivity index (χ1) is 11.7. The average molecular weight is 392 g/mol. The fraction of sp³-hybridized carbons (Fsp3) is 1.00. The lowest BCUT2D eigenvalue weighted by Crippen LogP contribution is -2.58. The highest BCUT2D eigenvalue weighted by Crippen LogP contribution is 2.64. The summed E-state index contributed by atoms with van der Waals surface area (Å²) in [5.41, 5.74) is -5.45. The summed E-state index contributed by atoms with van der Waals surface area (Å²) in [6.45, 7) is 5.46. The molecule has 2 aliphatic rings. The number of halogens is 6. The molecule has 0 spiro atoms. The minimum absolute atomic E-state index is 0.0255. The molecule has 0 aromatic carbocycles. The Hall–Kier alpha value is -0.540. The van der Waals surface area contributed by atoms with E-state index in [1.54, 1.807) is 6.92 Å². The molecule has 2 rings (SSSR count). The maximum atomic E-state index is 13.1. The Balaban J connectivity index is 2.30. The summed E-state index contributed by atoms with van der Waals surface area (Å²) >= 11 is 0. The van der Waals surface area contributed by atoms with E-state index in [1.165, 1.54) is 0 Å². The van der Waals surface area contributed by atoms with Gasteiger partial charge in [0, 0.05) is 5.41 Å². The SMILES string of the molecule is CCC(C)C(OO)C1(C)CC2CC(CC(O)(C(F)(F)F)C(F)(F)F)C1C2. The molecule has 0 saturated heterocycles. The normalized spacial score (nSPS) is 35.0. The van der Waals surface area contributed by atoms with E-state index in [0.717, 1.165) is 0 Å². The van der Waals surface area contributed by atoms with Crippen LogP contribution in [0, 0.1) is 29.1 Å². The Morgan fingerprint density at radius 1 is 1.12 bits per heavy atom. The van der Waals surface area contributed by atoms with E-state index in [4.69, 9.17) is 0 Å². The molecule has 0 aromatic heterocycles. The van der Waals surface area contributed by atoms with Crippen molar-refractivity contribution in [2.45, 2.75) is 76.9 Å². The Labute approximate surface area is 148 Å². The molecule has 0 radical (unpaired) electrons. The minimum Gasteiger partial charge on any atom is -0.374 e. The maximum Gasteiger partial charge on any atom is 0.426 e. The van der Waals surface area contributed by atoms with Gasteiger partial charge in [-0.05, 0) is 49.4 Å². The van der Waals surface area contributed by atoms with E-state index in [-0.39, 0.29) is 18.3 Å². The third-order valence-corrected chi connectivity index (χ3v) is 6.79. The van der Waals surface area contributed by atoms with Crippen LogP contribution in [0.25, 0.3) is 0 Å². The second-order valence-corrected chi connectivity index (χ2v) is 8.39. The first kappa shape index (κ1) is 21.8. The van der Waals surface area contributed by atoms with Gasteiger partial charge in [0.2, 0.25) is 0 Å². The van der Waals surface area contributed by atoms with Crippen LogP contribution >= 0.6 is 0 Å². The van der Waals surface area contributed by atoms with Crippen molar-refractivity contribution in [3.63, 3.8) is 0 Å². The van der Waals surface area contributed by atoms with Gasteiger partial charge in [-0.15, -0.1) is 0 Å². The van der Waals surface area contributed by atoms with Gasteiger partial charge < -0.3 is 5.11 Å². The zero-order chi connectivity index (χ0) is 20.1. The maximum absolute atomic E-state index is 13.1. The molecular formula is C17H26F6O3. The van der Waals surface area contributed by atoms with Crippen molar-refractivity contribution in [3.8, 4) is 0 Å². The van der Waals surface area contributed by atoms with Crippen LogP contribution in [0.1, 0.15) is 52.9 Å². The van der Waals surface area contributed by atoms with Gasteiger partial charge in [-0.3, -0.25) is 5.26 Å². The molecule has 3 nitrogen and oxygen atoms in total. The molecule has 2 aliphatic carbocycles. The summed E-state index contributed by atoms with van der Waals surface area (Å²) in [6.07, 6.45) is -11.7. The van der Waals surface area contributed by atoms with Crippen LogP contribution in [-0.2, 0) is 4.89 Å². The van der Waals surface area contributed by atoms with Crippen LogP contribution in [0.5, 0.6) is 0 Å². The van der Waals surface area contributed by atoms with E-state index < -0.39 is 47.7 Å². The quantitative estimate of drug-likeness (QED) is 0.372. The summed E-state index contributed by atoms with van der Waals surface area (Å²) in [7, 11) is 0. The van der Waals surface area contributed by atoms with Crippen molar-refractivity contribution < 1.29 is 41.6 Å². The molecule has 26 heavy (non-hydrogen) atoms. The van der Waals surface area contributed by atoms with Crippen molar-refractivity contribution in [2.24, 2.45) is 29.1 Å². The van der Waals surface area contributed by atoms with Crippen LogP contribution in [0.2, 0.25) is 0 Å². The van der Waals surface area contributed by atoms with Gasteiger partial charge in [-0.25, -0.2) is 4.89 Å². The zero-order valence-corrected chi connectivity index (χ0v) is 15.0. The third kappa shape index (κ3) is 3.35. The summed E-state index contributed by atoms with van der Waals surface area (Å²) in [4.78, 5) is 4.65.